The predicted octanol–water partition coefficient (Wildman–Crippen LogP) is 3.64. The van der Waals surface area contributed by atoms with Gasteiger partial charge in [-0.1, -0.05) is 29.8 Å². The second-order valence-corrected chi connectivity index (χ2v) is 7.55. The highest BCUT2D eigenvalue weighted by Crippen LogP contribution is 2.40. The van der Waals surface area contributed by atoms with Gasteiger partial charge in [0, 0.05) is 26.1 Å². The maximum atomic E-state index is 11.8. The van der Waals surface area contributed by atoms with Gasteiger partial charge in [0.2, 0.25) is 5.91 Å². The van der Waals surface area contributed by atoms with Gasteiger partial charge in [-0.05, 0) is 49.1 Å². The third-order valence-electron chi connectivity index (χ3n) is 5.40. The van der Waals surface area contributed by atoms with Crippen LogP contribution in [-0.2, 0) is 17.8 Å². The molecule has 2 atom stereocenters. The van der Waals surface area contributed by atoms with E-state index in [1.165, 1.54) is 22.3 Å². The Hall–Kier alpha value is -2.53. The van der Waals surface area contributed by atoms with Crippen molar-refractivity contribution in [1.29, 1.82) is 0 Å². The van der Waals surface area contributed by atoms with Crippen molar-refractivity contribution in [1.82, 2.24) is 10.2 Å². The van der Waals surface area contributed by atoms with Gasteiger partial charge < -0.3 is 14.8 Å². The van der Waals surface area contributed by atoms with Gasteiger partial charge in [0.15, 0.2) is 11.5 Å². The number of methoxy groups -OCH3 is 2. The largest absolute Gasteiger partial charge is 0.493 e. The van der Waals surface area contributed by atoms with Gasteiger partial charge in [-0.2, -0.15) is 0 Å². The van der Waals surface area contributed by atoms with Crippen LogP contribution in [0, 0.1) is 6.92 Å². The molecule has 0 fully saturated rings. The minimum atomic E-state index is -0.0283. The SMILES string of the molecule is COc1cc2c(cc1OC)[C@@H]([C@H](C)NC(C)=O)N(Cc1cccc(C)c1)CC2. The lowest BCUT2D eigenvalue weighted by Crippen LogP contribution is -2.46. The summed E-state index contributed by atoms with van der Waals surface area (Å²) in [6.07, 6.45) is 0.935. The number of nitrogens with one attached hydrogen (secondary N) is 1. The van der Waals surface area contributed by atoms with Gasteiger partial charge in [0.1, 0.15) is 0 Å². The average Bonchev–Trinajstić information content (AvgIpc) is 2.66. The van der Waals surface area contributed by atoms with Crippen LogP contribution in [0.5, 0.6) is 11.5 Å². The Morgan fingerprint density at radius 3 is 2.57 bits per heavy atom. The number of nitrogens with zero attached hydrogens (tertiary/aromatic N) is 1. The quantitative estimate of drug-likeness (QED) is 0.829. The lowest BCUT2D eigenvalue weighted by atomic mass is 9.87. The van der Waals surface area contributed by atoms with Gasteiger partial charge in [-0.15, -0.1) is 0 Å². The molecule has 0 aliphatic carbocycles. The monoisotopic (exact) mass is 382 g/mol. The van der Waals surface area contributed by atoms with Crippen LogP contribution < -0.4 is 14.8 Å². The summed E-state index contributed by atoms with van der Waals surface area (Å²) in [6.45, 7) is 7.51. The van der Waals surface area contributed by atoms with E-state index >= 15 is 0 Å². The number of benzene rings is 2. The molecule has 5 nitrogen and oxygen atoms in total. The van der Waals surface area contributed by atoms with Crippen molar-refractivity contribution in [2.75, 3.05) is 20.8 Å². The Kier molecular flexibility index (Phi) is 6.25. The minimum Gasteiger partial charge on any atom is -0.493 e. The Morgan fingerprint density at radius 2 is 1.93 bits per heavy atom. The number of rotatable bonds is 6. The normalized spacial score (nSPS) is 17.5. The van der Waals surface area contributed by atoms with Crippen molar-refractivity contribution >= 4 is 5.91 Å². The first-order valence-corrected chi connectivity index (χ1v) is 9.74. The van der Waals surface area contributed by atoms with E-state index in [1.54, 1.807) is 21.1 Å². The molecule has 0 bridgehead atoms. The van der Waals surface area contributed by atoms with Crippen LogP contribution in [0.4, 0.5) is 0 Å². The molecule has 1 amide bonds. The number of ether oxygens (including phenoxy) is 2. The Morgan fingerprint density at radius 1 is 1.21 bits per heavy atom. The lowest BCUT2D eigenvalue weighted by Gasteiger charge is -2.41. The lowest BCUT2D eigenvalue weighted by molar-refractivity contribution is -0.120. The van der Waals surface area contributed by atoms with Crippen molar-refractivity contribution < 1.29 is 14.3 Å². The molecule has 2 aromatic carbocycles. The maximum Gasteiger partial charge on any atom is 0.217 e. The fourth-order valence-electron chi connectivity index (χ4n) is 4.24. The molecule has 3 rings (SSSR count). The molecule has 1 aliphatic heterocycles. The van der Waals surface area contributed by atoms with Crippen molar-refractivity contribution in [3.05, 3.63) is 58.7 Å². The first-order chi connectivity index (χ1) is 13.4. The Labute approximate surface area is 167 Å². The van der Waals surface area contributed by atoms with E-state index in [0.29, 0.717) is 0 Å². The summed E-state index contributed by atoms with van der Waals surface area (Å²) in [5.74, 6) is 1.45. The fourth-order valence-corrected chi connectivity index (χ4v) is 4.24. The van der Waals surface area contributed by atoms with Gasteiger partial charge in [-0.25, -0.2) is 0 Å². The number of carbonyl (C=O) groups excluding carboxylic acids is 1. The van der Waals surface area contributed by atoms with E-state index in [1.807, 2.05) is 0 Å². The zero-order valence-corrected chi connectivity index (χ0v) is 17.4. The molecule has 1 aliphatic rings. The zero-order chi connectivity index (χ0) is 20.3. The highest BCUT2D eigenvalue weighted by Gasteiger charge is 2.33. The minimum absolute atomic E-state index is 0.0180. The molecule has 0 saturated heterocycles. The summed E-state index contributed by atoms with van der Waals surface area (Å²) in [5.41, 5.74) is 4.98. The van der Waals surface area contributed by atoms with Crippen LogP contribution in [-0.4, -0.2) is 37.6 Å². The number of hydrogen-bond acceptors (Lipinski definition) is 4. The number of amides is 1. The third-order valence-corrected chi connectivity index (χ3v) is 5.40. The third kappa shape index (κ3) is 4.30. The molecule has 28 heavy (non-hydrogen) atoms. The van der Waals surface area contributed by atoms with Crippen molar-refractivity contribution in [3.63, 3.8) is 0 Å². The first-order valence-electron chi connectivity index (χ1n) is 9.74. The van der Waals surface area contributed by atoms with Crippen LogP contribution in [0.15, 0.2) is 36.4 Å². The highest BCUT2D eigenvalue weighted by molar-refractivity contribution is 5.73. The molecule has 5 heteroatoms. The maximum absolute atomic E-state index is 11.8. The summed E-state index contributed by atoms with van der Waals surface area (Å²) < 4.78 is 11.0. The predicted molar refractivity (Wildman–Crippen MR) is 111 cm³/mol. The molecule has 0 radical (unpaired) electrons. The van der Waals surface area contributed by atoms with Crippen LogP contribution in [0.2, 0.25) is 0 Å². The molecule has 150 valence electrons. The van der Waals surface area contributed by atoms with Crippen LogP contribution >= 0.6 is 0 Å². The van der Waals surface area contributed by atoms with Crippen molar-refractivity contribution in [2.24, 2.45) is 0 Å². The van der Waals surface area contributed by atoms with E-state index in [4.69, 9.17) is 9.47 Å². The zero-order valence-electron chi connectivity index (χ0n) is 17.4. The van der Waals surface area contributed by atoms with E-state index in [0.717, 1.165) is 31.0 Å². The van der Waals surface area contributed by atoms with Gasteiger partial charge in [0.05, 0.1) is 20.3 Å². The number of aryl methyl sites for hydroxylation is 1. The molecule has 2 aromatic rings. The highest BCUT2D eigenvalue weighted by atomic mass is 16.5. The summed E-state index contributed by atoms with van der Waals surface area (Å²) in [7, 11) is 3.32. The number of hydrogen-bond donors (Lipinski definition) is 1. The average molecular weight is 383 g/mol. The second-order valence-electron chi connectivity index (χ2n) is 7.55. The van der Waals surface area contributed by atoms with Crippen LogP contribution in [0.25, 0.3) is 0 Å². The standard InChI is InChI=1S/C23H30N2O3/c1-15-7-6-8-18(11-15)14-25-10-9-19-12-21(27-4)22(28-5)13-20(19)23(25)16(2)24-17(3)26/h6-8,11-13,16,23H,9-10,14H2,1-5H3,(H,24,26)/t16-,23+/m0/s1. The summed E-state index contributed by atoms with van der Waals surface area (Å²) in [4.78, 5) is 14.2. The molecular formula is C23H30N2O3. The van der Waals surface area contributed by atoms with Gasteiger partial charge in [0.25, 0.3) is 0 Å². The summed E-state index contributed by atoms with van der Waals surface area (Å²) in [6, 6.07) is 12.8. The molecule has 0 spiro atoms. The van der Waals surface area contributed by atoms with Gasteiger partial charge >= 0.3 is 0 Å². The molecule has 0 aromatic heterocycles. The number of fused-ring (bicyclic) bond motifs is 1. The van der Waals surface area contributed by atoms with E-state index in [-0.39, 0.29) is 18.0 Å². The van der Waals surface area contributed by atoms with Crippen molar-refractivity contribution in [2.45, 2.75) is 45.8 Å². The van der Waals surface area contributed by atoms with E-state index in [2.05, 4.69) is 60.5 Å². The van der Waals surface area contributed by atoms with Crippen LogP contribution in [0.3, 0.4) is 0 Å². The Bertz CT molecular complexity index is 850. The molecule has 0 saturated carbocycles. The van der Waals surface area contributed by atoms with E-state index < -0.39 is 0 Å². The topological polar surface area (TPSA) is 50.8 Å². The molecular weight excluding hydrogens is 352 g/mol. The first kappa shape index (κ1) is 20.2. The Balaban J connectivity index is 2.00. The second kappa shape index (κ2) is 8.65. The van der Waals surface area contributed by atoms with Crippen LogP contribution in [0.1, 0.15) is 42.1 Å². The molecule has 0 unspecified atom stereocenters. The number of carbonyl (C=O) groups is 1. The summed E-state index contributed by atoms with van der Waals surface area (Å²) >= 11 is 0. The van der Waals surface area contributed by atoms with E-state index in [9.17, 15) is 4.79 Å². The summed E-state index contributed by atoms with van der Waals surface area (Å²) in [5, 5.41) is 3.09. The van der Waals surface area contributed by atoms with Gasteiger partial charge in [-0.3, -0.25) is 9.69 Å². The molecule has 1 N–H and O–H groups in total. The van der Waals surface area contributed by atoms with Crippen molar-refractivity contribution in [3.8, 4) is 11.5 Å². The molecule has 1 heterocycles. The smallest absolute Gasteiger partial charge is 0.217 e. The fraction of sp³-hybridized carbons (Fsp3) is 0.435.